The van der Waals surface area contributed by atoms with Crippen LogP contribution in [0, 0.1) is 11.3 Å². The molecule has 0 radical (unpaired) electrons. The van der Waals surface area contributed by atoms with Gasteiger partial charge < -0.3 is 5.32 Å². The number of rotatable bonds is 3. The van der Waals surface area contributed by atoms with E-state index in [0.717, 1.165) is 10.9 Å². The molecule has 0 fully saturated rings. The first-order valence-electron chi connectivity index (χ1n) is 4.04. The molecule has 0 aromatic carbocycles. The van der Waals surface area contributed by atoms with Crippen molar-refractivity contribution in [2.45, 2.75) is 12.7 Å². The minimum Gasteiger partial charge on any atom is -0.345 e. The third-order valence-corrected chi connectivity index (χ3v) is 1.52. The highest BCUT2D eigenvalue weighted by atomic mass is 19.4. The summed E-state index contributed by atoms with van der Waals surface area (Å²) in [7, 11) is 0. The zero-order chi connectivity index (χ0) is 12.2. The molecule has 1 N–H and O–H groups in total. The molecule has 1 heterocycles. The molecule has 0 spiro atoms. The fraction of sp³-hybridized carbons (Fsp3) is 0.429. The average Bonchev–Trinajstić information content (AvgIpc) is 2.61. The molecule has 1 rings (SSSR count). The maximum atomic E-state index is 11.7. The summed E-state index contributed by atoms with van der Waals surface area (Å²) in [4.78, 5) is 11.0. The normalized spacial score (nSPS) is 10.9. The Morgan fingerprint density at radius 1 is 1.62 bits per heavy atom. The van der Waals surface area contributed by atoms with Crippen LogP contribution in [0.5, 0.6) is 0 Å². The number of amides is 1. The van der Waals surface area contributed by atoms with E-state index in [2.05, 4.69) is 10.2 Å². The summed E-state index contributed by atoms with van der Waals surface area (Å²) in [6, 6.07) is 1.64. The Hall–Kier alpha value is -2.11. The zero-order valence-corrected chi connectivity index (χ0v) is 7.82. The Balaban J connectivity index is 2.50. The minimum absolute atomic E-state index is 0.137. The van der Waals surface area contributed by atoms with Gasteiger partial charge in [-0.25, -0.2) is 0 Å². The SMILES string of the molecule is N#Cc1nncn1CC(=O)NCC(F)(F)F. The number of nitriles is 1. The standard InChI is InChI=1S/C7H6F3N5O/c8-7(9,10)3-12-6(16)2-15-4-13-14-5(15)1-11/h4H,2-3H2,(H,12,16). The molecule has 0 aliphatic heterocycles. The first-order chi connectivity index (χ1) is 7.42. The van der Waals surface area contributed by atoms with Gasteiger partial charge in [-0.15, -0.1) is 10.2 Å². The van der Waals surface area contributed by atoms with Crippen molar-refractivity contribution in [2.75, 3.05) is 6.54 Å². The summed E-state index contributed by atoms with van der Waals surface area (Å²) in [5, 5.41) is 16.8. The van der Waals surface area contributed by atoms with Gasteiger partial charge in [0.25, 0.3) is 0 Å². The van der Waals surface area contributed by atoms with Gasteiger partial charge >= 0.3 is 6.18 Å². The van der Waals surface area contributed by atoms with Crippen LogP contribution >= 0.6 is 0 Å². The molecule has 1 amide bonds. The summed E-state index contributed by atoms with van der Waals surface area (Å²) in [5.41, 5.74) is 0. The maximum absolute atomic E-state index is 11.7. The highest BCUT2D eigenvalue weighted by Gasteiger charge is 2.27. The van der Waals surface area contributed by atoms with Crippen molar-refractivity contribution in [3.63, 3.8) is 0 Å². The molecule has 16 heavy (non-hydrogen) atoms. The molecule has 6 nitrogen and oxygen atoms in total. The molecule has 0 aliphatic carbocycles. The largest absolute Gasteiger partial charge is 0.405 e. The molecule has 0 unspecified atom stereocenters. The molecule has 0 bridgehead atoms. The van der Waals surface area contributed by atoms with Gasteiger partial charge in [0.1, 0.15) is 25.5 Å². The van der Waals surface area contributed by atoms with Crippen LogP contribution < -0.4 is 5.32 Å². The highest BCUT2D eigenvalue weighted by Crippen LogP contribution is 2.12. The smallest absolute Gasteiger partial charge is 0.345 e. The quantitative estimate of drug-likeness (QED) is 0.785. The van der Waals surface area contributed by atoms with Crippen molar-refractivity contribution in [1.82, 2.24) is 20.1 Å². The number of carbonyl (C=O) groups excluding carboxylic acids is 1. The van der Waals surface area contributed by atoms with Gasteiger partial charge in [-0.1, -0.05) is 0 Å². The van der Waals surface area contributed by atoms with Crippen molar-refractivity contribution in [2.24, 2.45) is 0 Å². The van der Waals surface area contributed by atoms with Gasteiger partial charge in [0.2, 0.25) is 11.7 Å². The molecule has 0 saturated heterocycles. The Kier molecular flexibility index (Phi) is 3.44. The predicted molar refractivity (Wildman–Crippen MR) is 43.8 cm³/mol. The number of aromatic nitrogens is 3. The number of carbonyl (C=O) groups is 1. The second-order valence-corrected chi connectivity index (χ2v) is 2.79. The van der Waals surface area contributed by atoms with Crippen molar-refractivity contribution in [3.05, 3.63) is 12.2 Å². The molecule has 9 heteroatoms. The number of nitrogens with zero attached hydrogens (tertiary/aromatic N) is 4. The molecular weight excluding hydrogens is 227 g/mol. The number of alkyl halides is 3. The van der Waals surface area contributed by atoms with E-state index in [1.807, 2.05) is 0 Å². The molecular formula is C7H6F3N5O. The van der Waals surface area contributed by atoms with E-state index in [1.165, 1.54) is 0 Å². The van der Waals surface area contributed by atoms with Gasteiger partial charge in [-0.3, -0.25) is 9.36 Å². The van der Waals surface area contributed by atoms with Crippen LogP contribution in [0.15, 0.2) is 6.33 Å². The number of halogens is 3. The van der Waals surface area contributed by atoms with Crippen LogP contribution in [0.25, 0.3) is 0 Å². The lowest BCUT2D eigenvalue weighted by atomic mass is 10.5. The first kappa shape index (κ1) is 12.0. The van der Waals surface area contributed by atoms with Crippen LogP contribution in [0.2, 0.25) is 0 Å². The van der Waals surface area contributed by atoms with Gasteiger partial charge in [0, 0.05) is 0 Å². The van der Waals surface area contributed by atoms with Crippen molar-refractivity contribution in [1.29, 1.82) is 5.26 Å². The number of hydrogen-bond acceptors (Lipinski definition) is 4. The third kappa shape index (κ3) is 3.56. The van der Waals surface area contributed by atoms with E-state index in [0.29, 0.717) is 0 Å². The van der Waals surface area contributed by atoms with E-state index in [-0.39, 0.29) is 5.82 Å². The second-order valence-electron chi connectivity index (χ2n) is 2.79. The summed E-state index contributed by atoms with van der Waals surface area (Å²) in [6.07, 6.45) is -3.37. The Morgan fingerprint density at radius 3 is 2.88 bits per heavy atom. The summed E-state index contributed by atoms with van der Waals surface area (Å²) in [5.74, 6) is -1.00. The van der Waals surface area contributed by atoms with E-state index < -0.39 is 25.2 Å². The van der Waals surface area contributed by atoms with Crippen LogP contribution in [0.4, 0.5) is 13.2 Å². The van der Waals surface area contributed by atoms with Crippen molar-refractivity contribution in [3.8, 4) is 6.07 Å². The predicted octanol–water partition coefficient (Wildman–Crippen LogP) is -0.172. The molecule has 1 aromatic heterocycles. The lowest BCUT2D eigenvalue weighted by molar-refractivity contribution is -0.138. The first-order valence-corrected chi connectivity index (χ1v) is 4.04. The van der Waals surface area contributed by atoms with Gasteiger partial charge in [-0.05, 0) is 0 Å². The van der Waals surface area contributed by atoms with E-state index >= 15 is 0 Å². The van der Waals surface area contributed by atoms with Crippen molar-refractivity contribution < 1.29 is 18.0 Å². The molecule has 0 aliphatic rings. The monoisotopic (exact) mass is 233 g/mol. The molecule has 1 aromatic rings. The van der Waals surface area contributed by atoms with Gasteiger partial charge in [-0.2, -0.15) is 18.4 Å². The van der Waals surface area contributed by atoms with Crippen LogP contribution in [-0.4, -0.2) is 33.4 Å². The molecule has 86 valence electrons. The zero-order valence-electron chi connectivity index (χ0n) is 7.82. The van der Waals surface area contributed by atoms with E-state index in [1.54, 1.807) is 11.4 Å². The topological polar surface area (TPSA) is 83.6 Å². The van der Waals surface area contributed by atoms with Gasteiger partial charge in [0.15, 0.2) is 0 Å². The van der Waals surface area contributed by atoms with Gasteiger partial charge in [0.05, 0.1) is 0 Å². The fourth-order valence-electron chi connectivity index (χ4n) is 0.867. The third-order valence-electron chi connectivity index (χ3n) is 1.52. The number of nitrogens with one attached hydrogen (secondary N) is 1. The number of hydrogen-bond donors (Lipinski definition) is 1. The molecule has 0 atom stereocenters. The second kappa shape index (κ2) is 4.61. The highest BCUT2D eigenvalue weighted by molar-refractivity contribution is 5.75. The van der Waals surface area contributed by atoms with Crippen molar-refractivity contribution >= 4 is 5.91 Å². The fourth-order valence-corrected chi connectivity index (χ4v) is 0.867. The Bertz CT molecular complexity index is 418. The van der Waals surface area contributed by atoms with Crippen LogP contribution in [-0.2, 0) is 11.3 Å². The Morgan fingerprint density at radius 2 is 2.31 bits per heavy atom. The van der Waals surface area contributed by atoms with Crippen LogP contribution in [0.1, 0.15) is 5.82 Å². The average molecular weight is 233 g/mol. The van der Waals surface area contributed by atoms with E-state index in [4.69, 9.17) is 5.26 Å². The maximum Gasteiger partial charge on any atom is 0.405 e. The molecule has 0 saturated carbocycles. The summed E-state index contributed by atoms with van der Waals surface area (Å²) >= 11 is 0. The van der Waals surface area contributed by atoms with Crippen LogP contribution in [0.3, 0.4) is 0 Å². The summed E-state index contributed by atoms with van der Waals surface area (Å²) < 4.78 is 36.3. The minimum atomic E-state index is -4.46. The Labute approximate surface area is 87.7 Å². The van der Waals surface area contributed by atoms with E-state index in [9.17, 15) is 18.0 Å². The lowest BCUT2D eigenvalue weighted by Gasteiger charge is -2.08. The lowest BCUT2D eigenvalue weighted by Crippen LogP contribution is -2.35. The summed E-state index contributed by atoms with van der Waals surface area (Å²) in [6.45, 7) is -1.83.